The second-order valence-corrected chi connectivity index (χ2v) is 5.59. The van der Waals surface area contributed by atoms with Crippen molar-refractivity contribution < 1.29 is 14.4 Å². The minimum atomic E-state index is -0.895. The topological polar surface area (TPSA) is 66.5 Å². The van der Waals surface area contributed by atoms with Crippen LogP contribution in [0.4, 0.5) is 4.79 Å². The van der Waals surface area contributed by atoms with Crippen molar-refractivity contribution in [2.75, 3.05) is 6.54 Å². The number of amides is 3. The van der Waals surface area contributed by atoms with Crippen molar-refractivity contribution in [1.82, 2.24) is 10.2 Å². The van der Waals surface area contributed by atoms with E-state index in [1.165, 1.54) is 0 Å². The summed E-state index contributed by atoms with van der Waals surface area (Å²) in [7, 11) is 0. The molecule has 112 valence electrons. The Balaban J connectivity index is 2.20. The highest BCUT2D eigenvalue weighted by molar-refractivity contribution is 6.11. The van der Waals surface area contributed by atoms with Crippen molar-refractivity contribution >= 4 is 17.7 Å². The normalized spacial score (nSPS) is 21.8. The van der Waals surface area contributed by atoms with Crippen molar-refractivity contribution in [2.45, 2.75) is 32.7 Å². The highest BCUT2D eigenvalue weighted by Gasteiger charge is 2.52. The molecule has 1 atom stereocenters. The molecule has 0 aliphatic carbocycles. The SMILES string of the molecule is CC[C@]1(C(C)C)NC(=O)N(CC(=O)c2ccccc2)C1=O. The Morgan fingerprint density at radius 1 is 1.24 bits per heavy atom. The smallest absolute Gasteiger partial charge is 0.323 e. The summed E-state index contributed by atoms with van der Waals surface area (Å²) < 4.78 is 0. The summed E-state index contributed by atoms with van der Waals surface area (Å²) in [6.45, 7) is 5.43. The van der Waals surface area contributed by atoms with Crippen molar-refractivity contribution in [3.63, 3.8) is 0 Å². The third-order valence-electron chi connectivity index (χ3n) is 4.14. The van der Waals surface area contributed by atoms with Crippen molar-refractivity contribution in [1.29, 1.82) is 0 Å². The fourth-order valence-corrected chi connectivity index (χ4v) is 2.69. The Labute approximate surface area is 124 Å². The number of nitrogens with zero attached hydrogens (tertiary/aromatic N) is 1. The first-order valence-corrected chi connectivity index (χ1v) is 7.14. The minimum absolute atomic E-state index is 0.0317. The van der Waals surface area contributed by atoms with Gasteiger partial charge in [-0.05, 0) is 12.3 Å². The van der Waals surface area contributed by atoms with Gasteiger partial charge in [0.1, 0.15) is 5.54 Å². The Bertz CT molecular complexity index is 568. The van der Waals surface area contributed by atoms with Crippen LogP contribution < -0.4 is 5.32 Å². The number of benzene rings is 1. The number of nitrogens with one attached hydrogen (secondary N) is 1. The Morgan fingerprint density at radius 2 is 1.86 bits per heavy atom. The second-order valence-electron chi connectivity index (χ2n) is 5.59. The van der Waals surface area contributed by atoms with Crippen LogP contribution in [-0.4, -0.2) is 34.7 Å². The lowest BCUT2D eigenvalue weighted by molar-refractivity contribution is -0.132. The number of carbonyl (C=O) groups excluding carboxylic acids is 3. The average molecular weight is 288 g/mol. The third-order valence-corrected chi connectivity index (χ3v) is 4.14. The van der Waals surface area contributed by atoms with Gasteiger partial charge >= 0.3 is 6.03 Å². The van der Waals surface area contributed by atoms with Gasteiger partial charge in [0, 0.05) is 5.56 Å². The van der Waals surface area contributed by atoms with E-state index >= 15 is 0 Å². The average Bonchev–Trinajstić information content (AvgIpc) is 2.73. The van der Waals surface area contributed by atoms with Gasteiger partial charge in [-0.25, -0.2) is 4.79 Å². The highest BCUT2D eigenvalue weighted by Crippen LogP contribution is 2.29. The fourth-order valence-electron chi connectivity index (χ4n) is 2.69. The van der Waals surface area contributed by atoms with Gasteiger partial charge < -0.3 is 5.32 Å². The molecule has 1 aliphatic heterocycles. The highest BCUT2D eigenvalue weighted by atomic mass is 16.2. The molecule has 1 N–H and O–H groups in total. The number of Topliss-reactive ketones (excluding diaryl/α,β-unsaturated/α-hetero) is 1. The zero-order valence-corrected chi connectivity index (χ0v) is 12.6. The second kappa shape index (κ2) is 5.68. The first-order valence-electron chi connectivity index (χ1n) is 7.14. The van der Waals surface area contributed by atoms with Crippen LogP contribution in [0.25, 0.3) is 0 Å². The maximum absolute atomic E-state index is 12.6. The van der Waals surface area contributed by atoms with Crippen LogP contribution in [0.2, 0.25) is 0 Å². The Morgan fingerprint density at radius 3 is 2.33 bits per heavy atom. The lowest BCUT2D eigenvalue weighted by Gasteiger charge is -2.29. The predicted octanol–water partition coefficient (Wildman–Crippen LogP) is 2.23. The zero-order chi connectivity index (χ0) is 15.6. The molecule has 2 rings (SSSR count). The van der Waals surface area contributed by atoms with E-state index in [1.807, 2.05) is 26.8 Å². The predicted molar refractivity (Wildman–Crippen MR) is 78.9 cm³/mol. The minimum Gasteiger partial charge on any atom is -0.323 e. The first-order chi connectivity index (χ1) is 9.92. The summed E-state index contributed by atoms with van der Waals surface area (Å²) in [6, 6.07) is 8.19. The van der Waals surface area contributed by atoms with Crippen LogP contribution in [-0.2, 0) is 4.79 Å². The monoisotopic (exact) mass is 288 g/mol. The van der Waals surface area contributed by atoms with Crippen molar-refractivity contribution in [3.8, 4) is 0 Å². The molecule has 0 aromatic heterocycles. The third kappa shape index (κ3) is 2.55. The Kier molecular flexibility index (Phi) is 4.11. The fraction of sp³-hybridized carbons (Fsp3) is 0.438. The van der Waals surface area contributed by atoms with E-state index in [1.54, 1.807) is 24.3 Å². The van der Waals surface area contributed by atoms with Crippen LogP contribution in [0.15, 0.2) is 30.3 Å². The lowest BCUT2D eigenvalue weighted by atomic mass is 9.84. The lowest BCUT2D eigenvalue weighted by Crippen LogP contribution is -2.51. The van der Waals surface area contributed by atoms with Gasteiger partial charge in [0.25, 0.3) is 5.91 Å². The van der Waals surface area contributed by atoms with Gasteiger partial charge in [-0.2, -0.15) is 0 Å². The van der Waals surface area contributed by atoms with Gasteiger partial charge in [-0.1, -0.05) is 51.1 Å². The summed E-state index contributed by atoms with van der Waals surface area (Å²) in [6.07, 6.45) is 0.505. The molecule has 0 radical (unpaired) electrons. The molecule has 3 amide bonds. The quantitative estimate of drug-likeness (QED) is 0.667. The van der Waals surface area contributed by atoms with Gasteiger partial charge in [0.2, 0.25) is 0 Å². The number of ketones is 1. The van der Waals surface area contributed by atoms with E-state index in [9.17, 15) is 14.4 Å². The maximum Gasteiger partial charge on any atom is 0.325 e. The molecule has 21 heavy (non-hydrogen) atoms. The van der Waals surface area contributed by atoms with E-state index in [0.717, 1.165) is 4.90 Å². The van der Waals surface area contributed by atoms with Gasteiger partial charge in [-0.3, -0.25) is 14.5 Å². The van der Waals surface area contributed by atoms with Crippen LogP contribution in [0, 0.1) is 5.92 Å². The van der Waals surface area contributed by atoms with E-state index in [4.69, 9.17) is 0 Å². The van der Waals surface area contributed by atoms with Crippen LogP contribution in [0.1, 0.15) is 37.6 Å². The molecule has 1 aliphatic rings. The van der Waals surface area contributed by atoms with E-state index < -0.39 is 11.6 Å². The summed E-state index contributed by atoms with van der Waals surface area (Å²) in [4.78, 5) is 37.9. The maximum atomic E-state index is 12.6. The number of hydrogen-bond acceptors (Lipinski definition) is 3. The molecular formula is C16H20N2O3. The van der Waals surface area contributed by atoms with Crippen molar-refractivity contribution in [3.05, 3.63) is 35.9 Å². The molecule has 5 heteroatoms. The standard InChI is InChI=1S/C16H20N2O3/c1-4-16(11(2)3)14(20)18(15(21)17-16)10-13(19)12-8-6-5-7-9-12/h5-9,11H,4,10H2,1-3H3,(H,17,21)/t16-/m1/s1. The van der Waals surface area contributed by atoms with Gasteiger partial charge in [-0.15, -0.1) is 0 Å². The molecule has 1 aromatic carbocycles. The largest absolute Gasteiger partial charge is 0.325 e. The summed E-state index contributed by atoms with van der Waals surface area (Å²) in [5.74, 6) is -0.584. The zero-order valence-electron chi connectivity index (χ0n) is 12.6. The molecule has 0 bridgehead atoms. The number of imide groups is 1. The number of urea groups is 1. The molecule has 0 spiro atoms. The first kappa shape index (κ1) is 15.2. The number of carbonyl (C=O) groups is 3. The Hall–Kier alpha value is -2.17. The summed E-state index contributed by atoms with van der Waals surface area (Å²) >= 11 is 0. The molecular weight excluding hydrogens is 268 g/mol. The van der Waals surface area contributed by atoms with Crippen LogP contribution in [0.3, 0.4) is 0 Å². The van der Waals surface area contributed by atoms with E-state index in [-0.39, 0.29) is 24.2 Å². The van der Waals surface area contributed by atoms with E-state index in [2.05, 4.69) is 5.32 Å². The van der Waals surface area contributed by atoms with Gasteiger partial charge in [0.05, 0.1) is 6.54 Å². The number of rotatable bonds is 5. The molecule has 1 aromatic rings. The molecule has 1 saturated heterocycles. The van der Waals surface area contributed by atoms with Crippen molar-refractivity contribution in [2.24, 2.45) is 5.92 Å². The molecule has 1 fully saturated rings. The molecule has 0 unspecified atom stereocenters. The molecule has 0 saturated carbocycles. The number of hydrogen-bond donors (Lipinski definition) is 1. The van der Waals surface area contributed by atoms with Crippen LogP contribution in [0.5, 0.6) is 0 Å². The van der Waals surface area contributed by atoms with Crippen LogP contribution >= 0.6 is 0 Å². The van der Waals surface area contributed by atoms with E-state index in [0.29, 0.717) is 12.0 Å². The van der Waals surface area contributed by atoms with Gasteiger partial charge in [0.15, 0.2) is 5.78 Å². The molecule has 5 nitrogen and oxygen atoms in total. The summed E-state index contributed by atoms with van der Waals surface area (Å²) in [5, 5.41) is 2.76. The molecule has 1 heterocycles. The summed E-state index contributed by atoms with van der Waals surface area (Å²) in [5.41, 5.74) is -0.398.